The monoisotopic (exact) mass is 398 g/mol. The topological polar surface area (TPSA) is 20.2 Å². The summed E-state index contributed by atoms with van der Waals surface area (Å²) in [6.07, 6.45) is 16.3. The second-order valence-corrected chi connectivity index (χ2v) is 9.43. The Morgan fingerprint density at radius 1 is 1.19 bits per heavy atom. The number of allylic oxidation sites excluding steroid dienone is 3. The van der Waals surface area contributed by atoms with Crippen molar-refractivity contribution >= 4 is 22.6 Å². The minimum absolute atomic E-state index is 0.0665. The van der Waals surface area contributed by atoms with Crippen molar-refractivity contribution in [2.24, 2.45) is 22.7 Å². The molecule has 21 heavy (non-hydrogen) atoms. The summed E-state index contributed by atoms with van der Waals surface area (Å²) in [5, 5.41) is 10.0. The molecule has 0 aromatic heterocycles. The number of hydrogen-bond acceptors (Lipinski definition) is 1. The number of aliphatic hydroxyl groups is 1. The molecule has 5 atom stereocenters. The van der Waals surface area contributed by atoms with Gasteiger partial charge in [0.15, 0.2) is 0 Å². The van der Waals surface area contributed by atoms with Crippen LogP contribution in [0.1, 0.15) is 64.7 Å². The zero-order valence-corrected chi connectivity index (χ0v) is 15.2. The van der Waals surface area contributed by atoms with Gasteiger partial charge in [0.05, 0.1) is 6.10 Å². The van der Waals surface area contributed by atoms with Crippen molar-refractivity contribution in [2.75, 3.05) is 0 Å². The van der Waals surface area contributed by atoms with Gasteiger partial charge < -0.3 is 5.11 Å². The SMILES string of the molecule is C[C@]12CCC[C@]34CC[C@H](O)CC3=CC[C@H](C4)[C@@H]1CC=C2I. The van der Waals surface area contributed by atoms with Crippen molar-refractivity contribution < 1.29 is 5.11 Å². The van der Waals surface area contributed by atoms with Crippen molar-refractivity contribution in [3.63, 3.8) is 0 Å². The Bertz CT molecular complexity index is 508. The highest BCUT2D eigenvalue weighted by Gasteiger charge is 2.51. The Morgan fingerprint density at radius 2 is 2.05 bits per heavy atom. The van der Waals surface area contributed by atoms with Crippen LogP contribution in [0.25, 0.3) is 0 Å². The van der Waals surface area contributed by atoms with Crippen molar-refractivity contribution in [2.45, 2.75) is 70.8 Å². The normalized spacial score (nSPS) is 49.4. The van der Waals surface area contributed by atoms with E-state index in [4.69, 9.17) is 0 Å². The number of aliphatic hydroxyl groups excluding tert-OH is 1. The summed E-state index contributed by atoms with van der Waals surface area (Å²) in [6, 6.07) is 0. The van der Waals surface area contributed by atoms with E-state index in [0.717, 1.165) is 24.7 Å². The molecule has 1 N–H and O–H groups in total. The molecule has 0 saturated heterocycles. The van der Waals surface area contributed by atoms with Gasteiger partial charge >= 0.3 is 0 Å². The van der Waals surface area contributed by atoms with Crippen LogP contribution < -0.4 is 0 Å². The van der Waals surface area contributed by atoms with Gasteiger partial charge in [0.2, 0.25) is 0 Å². The lowest BCUT2D eigenvalue weighted by atomic mass is 9.53. The molecule has 4 aliphatic rings. The Morgan fingerprint density at radius 3 is 2.90 bits per heavy atom. The molecule has 2 fully saturated rings. The lowest BCUT2D eigenvalue weighted by molar-refractivity contribution is 0.0364. The van der Waals surface area contributed by atoms with Gasteiger partial charge in [-0.05, 0) is 94.8 Å². The first-order chi connectivity index (χ1) is 10.0. The Labute approximate surface area is 142 Å². The molecule has 0 amide bonds. The Balaban J connectivity index is 1.68. The second-order valence-electron chi connectivity index (χ2n) is 8.27. The largest absolute Gasteiger partial charge is 0.393 e. The third kappa shape index (κ3) is 2.19. The van der Waals surface area contributed by atoms with E-state index >= 15 is 0 Å². The summed E-state index contributed by atoms with van der Waals surface area (Å²) in [6.45, 7) is 2.53. The van der Waals surface area contributed by atoms with Gasteiger partial charge in [-0.25, -0.2) is 0 Å². The van der Waals surface area contributed by atoms with Gasteiger partial charge in [0.25, 0.3) is 0 Å². The molecule has 0 aromatic rings. The Kier molecular flexibility index (Phi) is 3.57. The van der Waals surface area contributed by atoms with E-state index in [9.17, 15) is 5.11 Å². The molecule has 0 aromatic carbocycles. The lowest BCUT2D eigenvalue weighted by Crippen LogP contribution is -2.42. The zero-order valence-electron chi connectivity index (χ0n) is 13.1. The van der Waals surface area contributed by atoms with E-state index < -0.39 is 0 Å². The van der Waals surface area contributed by atoms with Gasteiger partial charge in [-0.3, -0.25) is 0 Å². The minimum Gasteiger partial charge on any atom is -0.393 e. The van der Waals surface area contributed by atoms with Gasteiger partial charge in [0.1, 0.15) is 0 Å². The molecule has 0 radical (unpaired) electrons. The molecule has 4 aliphatic carbocycles. The molecule has 4 rings (SSSR count). The standard InChI is InChI=1S/C19H27IO/c1-18-8-2-9-19-10-7-15(21)11-14(19)4-3-13(12-19)16(18)5-6-17(18)20/h4,6,13,15-16,21H,2-3,5,7-12H2,1H3/t13-,15+,16+,18+,19-/m1/s1. The third-order valence-corrected chi connectivity index (χ3v) is 8.92. The number of halogens is 1. The maximum absolute atomic E-state index is 10.0. The van der Waals surface area contributed by atoms with Crippen molar-refractivity contribution in [1.82, 2.24) is 0 Å². The molecule has 1 nitrogen and oxygen atoms in total. The van der Waals surface area contributed by atoms with E-state index in [1.807, 2.05) is 0 Å². The van der Waals surface area contributed by atoms with E-state index in [-0.39, 0.29) is 6.10 Å². The number of rotatable bonds is 0. The smallest absolute Gasteiger partial charge is 0.0577 e. The Hall–Kier alpha value is 0.170. The van der Waals surface area contributed by atoms with Crippen LogP contribution in [0.3, 0.4) is 0 Å². The van der Waals surface area contributed by atoms with Crippen molar-refractivity contribution in [3.8, 4) is 0 Å². The molecule has 0 heterocycles. The van der Waals surface area contributed by atoms with Gasteiger partial charge in [0, 0.05) is 5.41 Å². The summed E-state index contributed by atoms with van der Waals surface area (Å²) >= 11 is 2.61. The van der Waals surface area contributed by atoms with Gasteiger partial charge in [-0.15, -0.1) is 0 Å². The van der Waals surface area contributed by atoms with E-state index in [2.05, 4.69) is 41.7 Å². The average molecular weight is 398 g/mol. The summed E-state index contributed by atoms with van der Waals surface area (Å²) in [7, 11) is 0. The average Bonchev–Trinajstić information content (AvgIpc) is 2.74. The molecule has 116 valence electrons. The van der Waals surface area contributed by atoms with E-state index in [1.165, 1.54) is 44.9 Å². The summed E-state index contributed by atoms with van der Waals surface area (Å²) in [5.74, 6) is 1.74. The van der Waals surface area contributed by atoms with Crippen LogP contribution >= 0.6 is 22.6 Å². The molecule has 0 aliphatic heterocycles. The number of fused-ring (bicyclic) bond motifs is 3. The van der Waals surface area contributed by atoms with Crippen LogP contribution in [0.15, 0.2) is 21.3 Å². The predicted molar refractivity (Wildman–Crippen MR) is 95.3 cm³/mol. The van der Waals surface area contributed by atoms with Crippen LogP contribution in [0.4, 0.5) is 0 Å². The fraction of sp³-hybridized carbons (Fsp3) is 0.789. The van der Waals surface area contributed by atoms with Crippen LogP contribution in [0, 0.1) is 22.7 Å². The fourth-order valence-electron chi connectivity index (χ4n) is 5.99. The second kappa shape index (κ2) is 5.09. The lowest BCUT2D eigenvalue weighted by Gasteiger charge is -2.52. The molecule has 2 heteroatoms. The zero-order chi connectivity index (χ0) is 14.7. The molecule has 2 bridgehead atoms. The van der Waals surface area contributed by atoms with E-state index in [1.54, 1.807) is 9.15 Å². The third-order valence-electron chi connectivity index (χ3n) is 7.25. The minimum atomic E-state index is -0.0665. The molecule has 2 saturated carbocycles. The maximum atomic E-state index is 10.0. The summed E-state index contributed by atoms with van der Waals surface area (Å²) < 4.78 is 1.63. The summed E-state index contributed by atoms with van der Waals surface area (Å²) in [5.41, 5.74) is 2.56. The molecular weight excluding hydrogens is 371 g/mol. The first kappa shape index (κ1) is 14.7. The predicted octanol–water partition coefficient (Wildman–Crippen LogP) is 5.38. The molecule has 0 unspecified atom stereocenters. The number of hydrogen-bond donors (Lipinski definition) is 1. The highest BCUT2D eigenvalue weighted by molar-refractivity contribution is 14.1. The van der Waals surface area contributed by atoms with Crippen molar-refractivity contribution in [1.29, 1.82) is 0 Å². The molecular formula is C19H27IO. The molecule has 1 spiro atoms. The van der Waals surface area contributed by atoms with Crippen LogP contribution in [0.2, 0.25) is 0 Å². The van der Waals surface area contributed by atoms with Crippen LogP contribution in [-0.4, -0.2) is 11.2 Å². The first-order valence-corrected chi connectivity index (χ1v) is 9.85. The van der Waals surface area contributed by atoms with Gasteiger partial charge in [-0.1, -0.05) is 31.1 Å². The quantitative estimate of drug-likeness (QED) is 0.429. The highest BCUT2D eigenvalue weighted by atomic mass is 127. The highest BCUT2D eigenvalue weighted by Crippen LogP contribution is 2.62. The summed E-state index contributed by atoms with van der Waals surface area (Å²) in [4.78, 5) is 0. The van der Waals surface area contributed by atoms with Crippen LogP contribution in [0.5, 0.6) is 0 Å². The van der Waals surface area contributed by atoms with Gasteiger partial charge in [-0.2, -0.15) is 0 Å². The van der Waals surface area contributed by atoms with Crippen LogP contribution in [-0.2, 0) is 0 Å². The van der Waals surface area contributed by atoms with Crippen molar-refractivity contribution in [3.05, 3.63) is 21.3 Å². The maximum Gasteiger partial charge on any atom is 0.0577 e. The first-order valence-electron chi connectivity index (χ1n) is 8.77. The fourth-order valence-corrected chi connectivity index (χ4v) is 6.92. The van der Waals surface area contributed by atoms with E-state index in [0.29, 0.717) is 10.8 Å².